The van der Waals surface area contributed by atoms with E-state index in [2.05, 4.69) is 5.32 Å². The van der Waals surface area contributed by atoms with Crippen molar-refractivity contribution in [3.8, 4) is 0 Å². The summed E-state index contributed by atoms with van der Waals surface area (Å²) in [5.74, 6) is -1.02. The van der Waals surface area contributed by atoms with Gasteiger partial charge in [0.25, 0.3) is 0 Å². The summed E-state index contributed by atoms with van der Waals surface area (Å²) >= 11 is 0. The number of nitrogens with one attached hydrogen (secondary N) is 1. The maximum Gasteiger partial charge on any atom is 0.336 e. The minimum atomic E-state index is -1.02. The van der Waals surface area contributed by atoms with Crippen molar-refractivity contribution in [2.75, 3.05) is 18.4 Å². The van der Waals surface area contributed by atoms with Gasteiger partial charge >= 0.3 is 12.0 Å². The van der Waals surface area contributed by atoms with E-state index in [1.54, 1.807) is 30.9 Å². The molecule has 0 saturated carbocycles. The number of nitrogens with zero attached hydrogens (tertiary/aromatic N) is 1. The van der Waals surface area contributed by atoms with Gasteiger partial charge in [-0.3, -0.25) is 0 Å². The van der Waals surface area contributed by atoms with Crippen LogP contribution < -0.4 is 5.32 Å². The predicted octanol–water partition coefficient (Wildman–Crippen LogP) is 2.07. The monoisotopic (exact) mass is 292 g/mol. The number of carboxylic acid groups (broad SMARTS) is 1. The molecule has 1 heterocycles. The maximum absolute atomic E-state index is 12.2. The molecule has 1 aromatic carbocycles. The van der Waals surface area contributed by atoms with Gasteiger partial charge in [0.15, 0.2) is 0 Å². The Hall–Kier alpha value is -2.08. The van der Waals surface area contributed by atoms with E-state index in [0.29, 0.717) is 24.2 Å². The minimum absolute atomic E-state index is 0.165. The first-order valence-corrected chi connectivity index (χ1v) is 6.91. The largest absolute Gasteiger partial charge is 0.478 e. The lowest BCUT2D eigenvalue weighted by molar-refractivity contribution is -0.000637. The minimum Gasteiger partial charge on any atom is -0.478 e. The molecule has 6 nitrogen and oxygen atoms in total. The lowest BCUT2D eigenvalue weighted by Gasteiger charge is -2.36. The first-order valence-electron chi connectivity index (χ1n) is 6.91. The lowest BCUT2D eigenvalue weighted by atomic mass is 9.95. The highest BCUT2D eigenvalue weighted by atomic mass is 16.4. The van der Waals surface area contributed by atoms with E-state index in [0.717, 1.165) is 6.42 Å². The summed E-state index contributed by atoms with van der Waals surface area (Å²) < 4.78 is 0. The number of aliphatic hydroxyl groups is 1. The van der Waals surface area contributed by atoms with Crippen molar-refractivity contribution in [2.45, 2.75) is 32.3 Å². The second kappa shape index (κ2) is 5.73. The fraction of sp³-hybridized carbons (Fsp3) is 0.467. The van der Waals surface area contributed by atoms with Crippen molar-refractivity contribution < 1.29 is 19.8 Å². The molecule has 2 rings (SSSR count). The van der Waals surface area contributed by atoms with E-state index < -0.39 is 11.6 Å². The number of hydrogen-bond acceptors (Lipinski definition) is 3. The van der Waals surface area contributed by atoms with Crippen molar-refractivity contribution in [1.82, 2.24) is 4.90 Å². The molecular formula is C15H20N2O4. The van der Waals surface area contributed by atoms with Gasteiger partial charge < -0.3 is 20.4 Å². The number of amides is 2. The molecule has 0 bridgehead atoms. The summed E-state index contributed by atoms with van der Waals surface area (Å²) in [5.41, 5.74) is 0.291. The van der Waals surface area contributed by atoms with Crippen molar-refractivity contribution >= 4 is 17.7 Å². The van der Waals surface area contributed by atoms with Crippen LogP contribution in [0.3, 0.4) is 0 Å². The zero-order chi connectivity index (χ0) is 15.6. The Balaban J connectivity index is 2.13. The van der Waals surface area contributed by atoms with E-state index in [1.165, 1.54) is 6.07 Å². The molecule has 0 aliphatic carbocycles. The number of rotatable bonds is 2. The summed E-state index contributed by atoms with van der Waals surface area (Å²) in [6.07, 6.45) is 1.42. The zero-order valence-corrected chi connectivity index (χ0v) is 12.2. The Labute approximate surface area is 123 Å². The van der Waals surface area contributed by atoms with E-state index in [4.69, 9.17) is 5.11 Å². The zero-order valence-electron chi connectivity index (χ0n) is 12.2. The Morgan fingerprint density at radius 3 is 2.71 bits per heavy atom. The topological polar surface area (TPSA) is 89.9 Å². The fourth-order valence-electron chi connectivity index (χ4n) is 2.59. The molecule has 1 saturated heterocycles. The third-order valence-corrected chi connectivity index (χ3v) is 3.77. The van der Waals surface area contributed by atoms with Crippen molar-refractivity contribution in [3.63, 3.8) is 0 Å². The average molecular weight is 292 g/mol. The Morgan fingerprint density at radius 2 is 2.10 bits per heavy atom. The predicted molar refractivity (Wildman–Crippen MR) is 78.6 cm³/mol. The maximum atomic E-state index is 12.2. The normalized spacial score (nSPS) is 22.0. The van der Waals surface area contributed by atoms with Crippen LogP contribution in [-0.4, -0.2) is 45.8 Å². The van der Waals surface area contributed by atoms with Crippen LogP contribution in [0, 0.1) is 6.92 Å². The number of aromatic carboxylic acids is 1. The molecule has 21 heavy (non-hydrogen) atoms. The molecule has 6 heteroatoms. The molecule has 1 aliphatic rings. The van der Waals surface area contributed by atoms with Crippen LogP contribution in [0.15, 0.2) is 18.2 Å². The van der Waals surface area contributed by atoms with Crippen LogP contribution in [-0.2, 0) is 0 Å². The molecule has 114 valence electrons. The van der Waals surface area contributed by atoms with Crippen LogP contribution in [0.4, 0.5) is 10.5 Å². The number of likely N-dealkylation sites (tertiary alicyclic amines) is 1. The number of β-amino-alcohol motifs (C(OH)–C–C–N with tert-alkyl or cyclic N) is 1. The van der Waals surface area contributed by atoms with Crippen molar-refractivity contribution in [2.24, 2.45) is 0 Å². The molecule has 0 aromatic heterocycles. The van der Waals surface area contributed by atoms with Gasteiger partial charge in [-0.2, -0.15) is 0 Å². The third-order valence-electron chi connectivity index (χ3n) is 3.77. The summed E-state index contributed by atoms with van der Waals surface area (Å²) in [5, 5.41) is 21.8. The Bertz CT molecular complexity index is 569. The van der Waals surface area contributed by atoms with Gasteiger partial charge in [0.1, 0.15) is 0 Å². The smallest absolute Gasteiger partial charge is 0.336 e. The third kappa shape index (κ3) is 3.52. The van der Waals surface area contributed by atoms with Crippen LogP contribution in [0.5, 0.6) is 0 Å². The standard InChI is InChI=1S/C15H20N2O4/c1-10-11(13(18)19)5-3-6-12(10)16-14(20)17-8-4-7-15(2,21)9-17/h3,5-6,21H,4,7-9H2,1-2H3,(H,16,20)(H,18,19). The van der Waals surface area contributed by atoms with Gasteiger partial charge in [0.05, 0.1) is 17.7 Å². The highest BCUT2D eigenvalue weighted by Gasteiger charge is 2.31. The summed E-state index contributed by atoms with van der Waals surface area (Å²) in [6, 6.07) is 4.44. The quantitative estimate of drug-likeness (QED) is 0.778. The summed E-state index contributed by atoms with van der Waals surface area (Å²) in [7, 11) is 0. The second-order valence-electron chi connectivity index (χ2n) is 5.74. The molecule has 1 fully saturated rings. The molecule has 0 spiro atoms. The van der Waals surface area contributed by atoms with E-state index >= 15 is 0 Å². The number of carboxylic acids is 1. The van der Waals surface area contributed by atoms with E-state index in [1.807, 2.05) is 0 Å². The molecule has 1 aliphatic heterocycles. The number of benzene rings is 1. The van der Waals surface area contributed by atoms with Crippen LogP contribution in [0.25, 0.3) is 0 Å². The number of carbonyl (C=O) groups excluding carboxylic acids is 1. The first kappa shape index (κ1) is 15.3. The van der Waals surface area contributed by atoms with Gasteiger partial charge in [0.2, 0.25) is 0 Å². The number of hydrogen-bond donors (Lipinski definition) is 3. The lowest BCUT2D eigenvalue weighted by Crippen LogP contribution is -2.50. The Kier molecular flexibility index (Phi) is 4.18. The van der Waals surface area contributed by atoms with Crippen LogP contribution in [0.1, 0.15) is 35.7 Å². The van der Waals surface area contributed by atoms with E-state index in [9.17, 15) is 14.7 Å². The van der Waals surface area contributed by atoms with Gasteiger partial charge in [-0.25, -0.2) is 9.59 Å². The summed E-state index contributed by atoms with van der Waals surface area (Å²) in [6.45, 7) is 4.23. The number of anilines is 1. The molecule has 3 N–H and O–H groups in total. The van der Waals surface area contributed by atoms with Crippen LogP contribution >= 0.6 is 0 Å². The van der Waals surface area contributed by atoms with Gasteiger partial charge in [-0.15, -0.1) is 0 Å². The van der Waals surface area contributed by atoms with Gasteiger partial charge in [-0.1, -0.05) is 6.07 Å². The molecule has 1 atom stereocenters. The molecule has 2 amide bonds. The molecule has 1 unspecified atom stereocenters. The first-order chi connectivity index (χ1) is 9.80. The Morgan fingerprint density at radius 1 is 1.38 bits per heavy atom. The molecular weight excluding hydrogens is 272 g/mol. The van der Waals surface area contributed by atoms with E-state index in [-0.39, 0.29) is 18.1 Å². The number of carbonyl (C=O) groups is 2. The number of piperidine rings is 1. The SMILES string of the molecule is Cc1c(NC(=O)N2CCCC(C)(O)C2)cccc1C(=O)O. The average Bonchev–Trinajstić information content (AvgIpc) is 2.39. The second-order valence-corrected chi connectivity index (χ2v) is 5.74. The highest BCUT2D eigenvalue weighted by Crippen LogP contribution is 2.23. The summed E-state index contributed by atoms with van der Waals surface area (Å²) in [4.78, 5) is 24.9. The van der Waals surface area contributed by atoms with Crippen molar-refractivity contribution in [1.29, 1.82) is 0 Å². The molecule has 1 aromatic rings. The highest BCUT2D eigenvalue weighted by molar-refractivity contribution is 5.95. The fourth-order valence-corrected chi connectivity index (χ4v) is 2.59. The van der Waals surface area contributed by atoms with Crippen molar-refractivity contribution in [3.05, 3.63) is 29.3 Å². The van der Waals surface area contributed by atoms with Crippen LogP contribution in [0.2, 0.25) is 0 Å². The van der Waals surface area contributed by atoms with Gasteiger partial charge in [0, 0.05) is 12.2 Å². The number of urea groups is 1. The molecule has 0 radical (unpaired) electrons. The van der Waals surface area contributed by atoms with Gasteiger partial charge in [-0.05, 0) is 44.4 Å².